The first-order valence-electron chi connectivity index (χ1n) is 7.89. The number of nitrogens with one attached hydrogen (secondary N) is 2. The number of carbonyl (C=O) groups is 1. The van der Waals surface area contributed by atoms with Crippen LogP contribution in [0, 0.1) is 5.82 Å². The van der Waals surface area contributed by atoms with Crippen LogP contribution in [0.15, 0.2) is 30.6 Å². The number of benzene rings is 1. The highest BCUT2D eigenvalue weighted by Crippen LogP contribution is 2.31. The number of urea groups is 1. The fourth-order valence-corrected chi connectivity index (χ4v) is 2.99. The lowest BCUT2D eigenvalue weighted by molar-refractivity contribution is 0.0592. The van der Waals surface area contributed by atoms with Crippen molar-refractivity contribution in [2.45, 2.75) is 31.4 Å². The van der Waals surface area contributed by atoms with E-state index in [1.165, 1.54) is 12.1 Å². The molecule has 1 heterocycles. The van der Waals surface area contributed by atoms with Crippen LogP contribution < -0.4 is 10.6 Å². The van der Waals surface area contributed by atoms with Crippen molar-refractivity contribution < 1.29 is 14.3 Å². The maximum atomic E-state index is 13.4. The Morgan fingerprint density at radius 1 is 1.54 bits per heavy atom. The van der Waals surface area contributed by atoms with Gasteiger partial charge in [-0.05, 0) is 43.0 Å². The lowest BCUT2D eigenvalue weighted by Crippen LogP contribution is -2.44. The Labute approximate surface area is 139 Å². The van der Waals surface area contributed by atoms with Crippen molar-refractivity contribution in [2.24, 2.45) is 7.05 Å². The largest absolute Gasteiger partial charge is 0.383 e. The van der Waals surface area contributed by atoms with Crippen LogP contribution in [0.2, 0.25) is 0 Å². The molecule has 2 atom stereocenters. The summed E-state index contributed by atoms with van der Waals surface area (Å²) in [5, 5.41) is 20.0. The molecule has 0 unspecified atom stereocenters. The van der Waals surface area contributed by atoms with E-state index >= 15 is 0 Å². The molecule has 1 aliphatic carbocycles. The number of amides is 2. The molecule has 6 nitrogen and oxygen atoms in total. The van der Waals surface area contributed by atoms with E-state index in [1.54, 1.807) is 37.1 Å². The van der Waals surface area contributed by atoms with E-state index in [2.05, 4.69) is 15.7 Å². The molecule has 0 fully saturated rings. The number of aliphatic hydroxyl groups is 1. The molecule has 0 saturated heterocycles. The number of hydrogen-bond donors (Lipinski definition) is 3. The van der Waals surface area contributed by atoms with Crippen molar-refractivity contribution in [3.63, 3.8) is 0 Å². The molecule has 24 heavy (non-hydrogen) atoms. The molecule has 2 aromatic rings. The van der Waals surface area contributed by atoms with E-state index in [9.17, 15) is 14.3 Å². The van der Waals surface area contributed by atoms with Crippen molar-refractivity contribution in [3.8, 4) is 0 Å². The molecule has 0 spiro atoms. The summed E-state index contributed by atoms with van der Waals surface area (Å²) in [7, 11) is 1.76. The molecular weight excluding hydrogens is 311 g/mol. The standard InChI is InChI=1S/C17H21FN4O2/c1-17(24,12-8-20-22(2)9-12)10-19-16(23)21-15-6-4-11-3-5-13(18)7-14(11)15/h3,5,7-9,15,24H,4,6,10H2,1-2H3,(H2,19,21,23)/t15-,17-/m0/s1. The van der Waals surface area contributed by atoms with E-state index in [0.717, 1.165) is 24.0 Å². The highest BCUT2D eigenvalue weighted by Gasteiger charge is 2.27. The number of halogens is 1. The Balaban J connectivity index is 1.58. The maximum Gasteiger partial charge on any atom is 0.315 e. The van der Waals surface area contributed by atoms with Gasteiger partial charge in [0.05, 0.1) is 18.8 Å². The van der Waals surface area contributed by atoms with Crippen LogP contribution >= 0.6 is 0 Å². The summed E-state index contributed by atoms with van der Waals surface area (Å²) >= 11 is 0. The zero-order chi connectivity index (χ0) is 17.3. The second-order valence-corrected chi connectivity index (χ2v) is 6.44. The molecular formula is C17H21FN4O2. The molecule has 0 saturated carbocycles. The second kappa shape index (κ2) is 6.24. The monoisotopic (exact) mass is 332 g/mol. The first-order chi connectivity index (χ1) is 11.3. The van der Waals surface area contributed by atoms with Gasteiger partial charge in [0.1, 0.15) is 11.4 Å². The minimum atomic E-state index is -1.22. The predicted molar refractivity (Wildman–Crippen MR) is 86.8 cm³/mol. The van der Waals surface area contributed by atoms with Gasteiger partial charge in [0.25, 0.3) is 0 Å². The van der Waals surface area contributed by atoms with Gasteiger partial charge < -0.3 is 15.7 Å². The lowest BCUT2D eigenvalue weighted by Gasteiger charge is -2.23. The van der Waals surface area contributed by atoms with Gasteiger partial charge in [-0.2, -0.15) is 5.10 Å². The van der Waals surface area contributed by atoms with Crippen molar-refractivity contribution in [2.75, 3.05) is 6.54 Å². The molecule has 2 amide bonds. The van der Waals surface area contributed by atoms with Gasteiger partial charge in [-0.25, -0.2) is 9.18 Å². The minimum absolute atomic E-state index is 0.0489. The predicted octanol–water partition coefficient (Wildman–Crippen LogP) is 1.75. The Morgan fingerprint density at radius 2 is 2.33 bits per heavy atom. The van der Waals surface area contributed by atoms with Crippen molar-refractivity contribution in [1.82, 2.24) is 20.4 Å². The van der Waals surface area contributed by atoms with E-state index in [1.807, 2.05) is 0 Å². The number of carbonyl (C=O) groups excluding carboxylic acids is 1. The van der Waals surface area contributed by atoms with Gasteiger partial charge in [-0.1, -0.05) is 6.07 Å². The van der Waals surface area contributed by atoms with Crippen LogP contribution in [0.3, 0.4) is 0 Å². The first-order valence-corrected chi connectivity index (χ1v) is 7.89. The van der Waals surface area contributed by atoms with Crippen LogP contribution in [0.4, 0.5) is 9.18 Å². The van der Waals surface area contributed by atoms with E-state index in [4.69, 9.17) is 0 Å². The summed E-state index contributed by atoms with van der Waals surface area (Å²) in [6, 6.07) is 4.07. The molecule has 0 bridgehead atoms. The SMILES string of the molecule is Cn1cc([C@@](C)(O)CNC(=O)N[C@H]2CCc3ccc(F)cc32)cn1. The van der Waals surface area contributed by atoms with E-state index in [-0.39, 0.29) is 24.4 Å². The van der Waals surface area contributed by atoms with Gasteiger partial charge in [0, 0.05) is 18.8 Å². The fraction of sp³-hybridized carbons (Fsp3) is 0.412. The van der Waals surface area contributed by atoms with Gasteiger partial charge in [0.15, 0.2) is 0 Å². The summed E-state index contributed by atoms with van der Waals surface area (Å²) < 4.78 is 15.0. The third kappa shape index (κ3) is 3.41. The van der Waals surface area contributed by atoms with Crippen LogP contribution in [0.1, 0.15) is 36.1 Å². The summed E-state index contributed by atoms with van der Waals surface area (Å²) in [4.78, 5) is 12.1. The zero-order valence-electron chi connectivity index (χ0n) is 13.7. The smallest absolute Gasteiger partial charge is 0.315 e. The Bertz CT molecular complexity index is 757. The molecule has 0 aliphatic heterocycles. The van der Waals surface area contributed by atoms with Crippen LogP contribution in [-0.4, -0.2) is 27.5 Å². The Kier molecular flexibility index (Phi) is 4.28. The highest BCUT2D eigenvalue weighted by molar-refractivity contribution is 5.74. The molecule has 1 aromatic carbocycles. The van der Waals surface area contributed by atoms with E-state index < -0.39 is 5.60 Å². The van der Waals surface area contributed by atoms with Crippen molar-refractivity contribution in [3.05, 3.63) is 53.1 Å². The molecule has 1 aliphatic rings. The quantitative estimate of drug-likeness (QED) is 0.798. The normalized spacial score (nSPS) is 18.8. The number of aryl methyl sites for hydroxylation is 2. The summed E-state index contributed by atoms with van der Waals surface area (Å²) in [5.41, 5.74) is 1.29. The van der Waals surface area contributed by atoms with Gasteiger partial charge >= 0.3 is 6.03 Å². The van der Waals surface area contributed by atoms with Gasteiger partial charge in [-0.15, -0.1) is 0 Å². The number of fused-ring (bicyclic) bond motifs is 1. The number of rotatable bonds is 4. The lowest BCUT2D eigenvalue weighted by atomic mass is 10.00. The Hall–Kier alpha value is -2.41. The summed E-state index contributed by atoms with van der Waals surface area (Å²) in [6.45, 7) is 1.66. The topological polar surface area (TPSA) is 79.2 Å². The third-order valence-corrected chi connectivity index (χ3v) is 4.41. The molecule has 128 valence electrons. The molecule has 7 heteroatoms. The van der Waals surface area contributed by atoms with Crippen molar-refractivity contribution in [1.29, 1.82) is 0 Å². The Morgan fingerprint density at radius 3 is 3.04 bits per heavy atom. The van der Waals surface area contributed by atoms with Crippen LogP contribution in [0.5, 0.6) is 0 Å². The number of hydrogen-bond acceptors (Lipinski definition) is 3. The van der Waals surface area contributed by atoms with Gasteiger partial charge in [0.2, 0.25) is 0 Å². The fourth-order valence-electron chi connectivity index (χ4n) is 2.99. The first kappa shape index (κ1) is 16.4. The highest BCUT2D eigenvalue weighted by atomic mass is 19.1. The molecule has 1 aromatic heterocycles. The minimum Gasteiger partial charge on any atom is -0.383 e. The van der Waals surface area contributed by atoms with E-state index in [0.29, 0.717) is 5.56 Å². The van der Waals surface area contributed by atoms with Crippen LogP contribution in [0.25, 0.3) is 0 Å². The number of aromatic nitrogens is 2. The zero-order valence-corrected chi connectivity index (χ0v) is 13.7. The summed E-state index contributed by atoms with van der Waals surface area (Å²) in [6.07, 6.45) is 4.82. The molecule has 0 radical (unpaired) electrons. The summed E-state index contributed by atoms with van der Waals surface area (Å²) in [5.74, 6) is -0.303. The average molecular weight is 332 g/mol. The third-order valence-electron chi connectivity index (χ3n) is 4.41. The molecule has 3 rings (SSSR count). The van der Waals surface area contributed by atoms with Crippen LogP contribution in [-0.2, 0) is 19.1 Å². The second-order valence-electron chi connectivity index (χ2n) is 6.44. The average Bonchev–Trinajstić information content (AvgIpc) is 3.13. The molecule has 3 N–H and O–H groups in total. The number of nitrogens with zero attached hydrogens (tertiary/aromatic N) is 2. The van der Waals surface area contributed by atoms with Gasteiger partial charge in [-0.3, -0.25) is 4.68 Å². The maximum absolute atomic E-state index is 13.4. The van der Waals surface area contributed by atoms with Crippen molar-refractivity contribution >= 4 is 6.03 Å².